The molecule has 0 bridgehead atoms. The van der Waals surface area contributed by atoms with Gasteiger partial charge >= 0.3 is 0 Å². The Morgan fingerprint density at radius 2 is 2.17 bits per heavy atom. The maximum absolute atomic E-state index is 12.2. The largest absolute Gasteiger partial charge is 0.320 e. The van der Waals surface area contributed by atoms with Crippen LogP contribution in [0, 0.1) is 11.3 Å². The monoisotopic (exact) mass is 267 g/mol. The van der Waals surface area contributed by atoms with Crippen LogP contribution in [0.3, 0.4) is 0 Å². The Hall–Kier alpha value is -1.42. The zero-order chi connectivity index (χ0) is 13.6. The molecule has 0 aliphatic heterocycles. The molecule has 98 valence electrons. The minimum atomic E-state index is -3.50. The van der Waals surface area contributed by atoms with Crippen LogP contribution in [0.4, 0.5) is 0 Å². The molecule has 1 aromatic carbocycles. The molecule has 0 heterocycles. The zero-order valence-corrected chi connectivity index (χ0v) is 11.4. The summed E-state index contributed by atoms with van der Waals surface area (Å²) in [5.74, 6) is 0. The lowest BCUT2D eigenvalue weighted by atomic mass is 10.2. The van der Waals surface area contributed by atoms with E-state index in [0.29, 0.717) is 12.1 Å². The van der Waals surface area contributed by atoms with Crippen LogP contribution in [0.2, 0.25) is 0 Å². The molecule has 1 aromatic rings. The predicted molar refractivity (Wildman–Crippen MR) is 69.5 cm³/mol. The van der Waals surface area contributed by atoms with Crippen molar-refractivity contribution in [1.29, 1.82) is 5.26 Å². The van der Waals surface area contributed by atoms with Gasteiger partial charge < -0.3 is 5.32 Å². The average Bonchev–Trinajstić information content (AvgIpc) is 2.39. The van der Waals surface area contributed by atoms with Crippen LogP contribution in [0.1, 0.15) is 12.0 Å². The molecule has 0 amide bonds. The summed E-state index contributed by atoms with van der Waals surface area (Å²) in [6.07, 6.45) is 0.740. The zero-order valence-electron chi connectivity index (χ0n) is 10.5. The molecule has 18 heavy (non-hydrogen) atoms. The smallest absolute Gasteiger partial charge is 0.242 e. The number of nitrogens with zero attached hydrogens (tertiary/aromatic N) is 2. The third-order valence-corrected chi connectivity index (χ3v) is 4.42. The fraction of sp³-hybridized carbons (Fsp3) is 0.417. The highest BCUT2D eigenvalue weighted by Crippen LogP contribution is 2.15. The molecule has 0 aliphatic carbocycles. The third-order valence-electron chi connectivity index (χ3n) is 2.57. The van der Waals surface area contributed by atoms with E-state index < -0.39 is 10.0 Å². The van der Waals surface area contributed by atoms with Crippen LogP contribution in [-0.2, 0) is 10.0 Å². The predicted octanol–water partition coefficient (Wildman–Crippen LogP) is 0.788. The Balaban J connectivity index is 2.88. The van der Waals surface area contributed by atoms with Crippen LogP contribution in [0.5, 0.6) is 0 Å². The minimum absolute atomic E-state index is 0.161. The average molecular weight is 267 g/mol. The van der Waals surface area contributed by atoms with Gasteiger partial charge in [0.25, 0.3) is 0 Å². The van der Waals surface area contributed by atoms with E-state index in [4.69, 9.17) is 5.26 Å². The van der Waals surface area contributed by atoms with Gasteiger partial charge in [0.2, 0.25) is 10.0 Å². The summed E-state index contributed by atoms with van der Waals surface area (Å²) in [4.78, 5) is 0.161. The summed E-state index contributed by atoms with van der Waals surface area (Å²) in [7, 11) is -0.128. The quantitative estimate of drug-likeness (QED) is 0.773. The highest BCUT2D eigenvalue weighted by atomic mass is 32.2. The highest BCUT2D eigenvalue weighted by molar-refractivity contribution is 7.89. The lowest BCUT2D eigenvalue weighted by Crippen LogP contribution is -2.29. The summed E-state index contributed by atoms with van der Waals surface area (Å²) in [6, 6.07) is 7.99. The second-order valence-electron chi connectivity index (χ2n) is 3.92. The SMILES string of the molecule is CNCCCN(C)S(=O)(=O)c1cccc(C#N)c1. The molecule has 0 aromatic heterocycles. The number of hydrogen-bond donors (Lipinski definition) is 1. The van der Waals surface area contributed by atoms with Crippen molar-refractivity contribution in [3.05, 3.63) is 29.8 Å². The summed E-state index contributed by atoms with van der Waals surface area (Å²) in [6.45, 7) is 1.21. The second-order valence-corrected chi connectivity index (χ2v) is 5.97. The summed E-state index contributed by atoms with van der Waals surface area (Å²) in [5, 5.41) is 11.7. The second kappa shape index (κ2) is 6.50. The Morgan fingerprint density at radius 1 is 1.44 bits per heavy atom. The van der Waals surface area contributed by atoms with E-state index in [-0.39, 0.29) is 4.90 Å². The molecular weight excluding hydrogens is 250 g/mol. The van der Waals surface area contributed by atoms with E-state index in [1.165, 1.54) is 16.4 Å². The number of benzene rings is 1. The van der Waals surface area contributed by atoms with Crippen molar-refractivity contribution in [2.24, 2.45) is 0 Å². The van der Waals surface area contributed by atoms with Gasteiger partial charge in [-0.1, -0.05) is 6.07 Å². The molecule has 1 rings (SSSR count). The van der Waals surface area contributed by atoms with Crippen molar-refractivity contribution in [3.63, 3.8) is 0 Å². The van der Waals surface area contributed by atoms with E-state index in [1.54, 1.807) is 19.2 Å². The third kappa shape index (κ3) is 3.53. The molecule has 0 unspecified atom stereocenters. The number of rotatable bonds is 6. The van der Waals surface area contributed by atoms with E-state index in [2.05, 4.69) is 5.32 Å². The van der Waals surface area contributed by atoms with E-state index in [1.807, 2.05) is 13.1 Å². The standard InChI is InChI=1S/C12H17N3O2S/c1-14-7-4-8-15(2)18(16,17)12-6-3-5-11(9-12)10-13/h3,5-6,9,14H,4,7-8H2,1-2H3. The summed E-state index contributed by atoms with van der Waals surface area (Å²) < 4.78 is 25.7. The highest BCUT2D eigenvalue weighted by Gasteiger charge is 2.20. The van der Waals surface area contributed by atoms with Crippen LogP contribution >= 0.6 is 0 Å². The van der Waals surface area contributed by atoms with Gasteiger partial charge in [-0.15, -0.1) is 0 Å². The van der Waals surface area contributed by atoms with Crippen molar-refractivity contribution < 1.29 is 8.42 Å². The van der Waals surface area contributed by atoms with E-state index >= 15 is 0 Å². The Kier molecular flexibility index (Phi) is 5.28. The summed E-state index contributed by atoms with van der Waals surface area (Å²) in [5.41, 5.74) is 0.347. The first-order valence-corrected chi connectivity index (χ1v) is 7.07. The number of nitriles is 1. The van der Waals surface area contributed by atoms with Gasteiger partial charge in [-0.05, 0) is 38.2 Å². The van der Waals surface area contributed by atoms with Crippen molar-refractivity contribution in [3.8, 4) is 6.07 Å². The summed E-state index contributed by atoms with van der Waals surface area (Å²) >= 11 is 0. The van der Waals surface area contributed by atoms with Gasteiger partial charge in [-0.3, -0.25) is 0 Å². The first kappa shape index (κ1) is 14.6. The first-order chi connectivity index (χ1) is 8.52. The van der Waals surface area contributed by atoms with Gasteiger partial charge in [0.05, 0.1) is 16.5 Å². The Morgan fingerprint density at radius 3 is 2.78 bits per heavy atom. The van der Waals surface area contributed by atoms with Gasteiger partial charge in [-0.2, -0.15) is 5.26 Å². The lowest BCUT2D eigenvalue weighted by molar-refractivity contribution is 0.458. The molecule has 0 aliphatic rings. The topological polar surface area (TPSA) is 73.2 Å². The van der Waals surface area contributed by atoms with Crippen molar-refractivity contribution in [2.45, 2.75) is 11.3 Å². The van der Waals surface area contributed by atoms with Gasteiger partial charge in [0.1, 0.15) is 0 Å². The van der Waals surface area contributed by atoms with Crippen LogP contribution in [0.25, 0.3) is 0 Å². The molecule has 0 saturated heterocycles. The maximum Gasteiger partial charge on any atom is 0.242 e. The van der Waals surface area contributed by atoms with E-state index in [0.717, 1.165) is 13.0 Å². The molecule has 0 spiro atoms. The van der Waals surface area contributed by atoms with Gasteiger partial charge in [-0.25, -0.2) is 12.7 Å². The van der Waals surface area contributed by atoms with Gasteiger partial charge in [0, 0.05) is 13.6 Å². The van der Waals surface area contributed by atoms with Crippen molar-refractivity contribution in [1.82, 2.24) is 9.62 Å². The Bertz CT molecular complexity index is 534. The first-order valence-electron chi connectivity index (χ1n) is 5.63. The molecule has 5 nitrogen and oxygen atoms in total. The molecule has 0 saturated carbocycles. The molecule has 1 N–H and O–H groups in total. The fourth-order valence-electron chi connectivity index (χ4n) is 1.50. The lowest BCUT2D eigenvalue weighted by Gasteiger charge is -2.17. The van der Waals surface area contributed by atoms with Crippen molar-refractivity contribution >= 4 is 10.0 Å². The van der Waals surface area contributed by atoms with Gasteiger partial charge in [0.15, 0.2) is 0 Å². The molecular formula is C12H17N3O2S. The molecule has 6 heteroatoms. The Labute approximate surface area is 108 Å². The molecule has 0 fully saturated rings. The van der Waals surface area contributed by atoms with Crippen LogP contribution < -0.4 is 5.32 Å². The fourth-order valence-corrected chi connectivity index (χ4v) is 2.76. The van der Waals surface area contributed by atoms with E-state index in [9.17, 15) is 8.42 Å². The molecule has 0 atom stereocenters. The number of nitrogens with one attached hydrogen (secondary N) is 1. The minimum Gasteiger partial charge on any atom is -0.320 e. The van der Waals surface area contributed by atoms with Crippen LogP contribution in [-0.4, -0.2) is 39.9 Å². The number of sulfonamides is 1. The van der Waals surface area contributed by atoms with Crippen molar-refractivity contribution in [2.75, 3.05) is 27.2 Å². The normalized spacial score (nSPS) is 11.4. The van der Waals surface area contributed by atoms with Crippen LogP contribution in [0.15, 0.2) is 29.2 Å². The molecule has 0 radical (unpaired) electrons. The maximum atomic E-state index is 12.2. The number of hydrogen-bond acceptors (Lipinski definition) is 4.